The molecular formula is C7H15NO2. The Morgan fingerprint density at radius 3 is 2.80 bits per heavy atom. The van der Waals surface area contributed by atoms with Gasteiger partial charge in [-0.3, -0.25) is 4.79 Å². The van der Waals surface area contributed by atoms with Crippen molar-refractivity contribution in [1.82, 2.24) is 5.32 Å². The summed E-state index contributed by atoms with van der Waals surface area (Å²) in [5.74, 6) is 0.492. The predicted molar refractivity (Wildman–Crippen MR) is 39.7 cm³/mol. The predicted octanol–water partition coefficient (Wildman–Crippen LogP) is 0.403. The van der Waals surface area contributed by atoms with Crippen molar-refractivity contribution in [3.8, 4) is 0 Å². The summed E-state index contributed by atoms with van der Waals surface area (Å²) in [4.78, 5) is 10.6. The van der Waals surface area contributed by atoms with Gasteiger partial charge in [0.05, 0.1) is 19.3 Å². The molecule has 0 aromatic rings. The Kier molecular flexibility index (Phi) is 2.27. The van der Waals surface area contributed by atoms with Crippen LogP contribution in [0, 0.1) is 5.92 Å². The molecule has 1 amide bonds. The highest BCUT2D eigenvalue weighted by molar-refractivity contribution is 5.73. The largest absolute Gasteiger partial charge is 0.379 e. The molecule has 0 saturated carbocycles. The van der Waals surface area contributed by atoms with Gasteiger partial charge in [-0.1, -0.05) is 6.92 Å². The molecule has 1 fully saturated rings. The fraction of sp³-hybridized carbons (Fsp3) is 0.857. The van der Waals surface area contributed by atoms with Gasteiger partial charge in [0, 0.05) is 14.3 Å². The SMILES string of the molecule is CC(=O)N[C@H]1COC[C@@H]1C.[HH]. The number of nitrogens with one attached hydrogen (secondary N) is 1. The van der Waals surface area contributed by atoms with Gasteiger partial charge in [-0.15, -0.1) is 0 Å². The van der Waals surface area contributed by atoms with Crippen LogP contribution in [-0.2, 0) is 9.53 Å². The first-order chi connectivity index (χ1) is 4.70. The van der Waals surface area contributed by atoms with E-state index in [1.165, 1.54) is 6.92 Å². The van der Waals surface area contributed by atoms with E-state index < -0.39 is 0 Å². The fourth-order valence-electron chi connectivity index (χ4n) is 1.11. The van der Waals surface area contributed by atoms with Crippen molar-refractivity contribution in [2.24, 2.45) is 5.92 Å². The normalized spacial score (nSPS) is 32.2. The van der Waals surface area contributed by atoms with Crippen molar-refractivity contribution >= 4 is 5.91 Å². The summed E-state index contributed by atoms with van der Waals surface area (Å²) in [6, 6.07) is 0.234. The number of hydrogen-bond donors (Lipinski definition) is 1. The molecule has 0 aliphatic carbocycles. The molecule has 3 heteroatoms. The summed E-state index contributed by atoms with van der Waals surface area (Å²) in [5, 5.41) is 2.83. The minimum Gasteiger partial charge on any atom is -0.379 e. The number of carbonyl (C=O) groups is 1. The average Bonchev–Trinajstić information content (AvgIpc) is 2.15. The molecule has 60 valence electrons. The van der Waals surface area contributed by atoms with Gasteiger partial charge >= 0.3 is 0 Å². The maximum Gasteiger partial charge on any atom is 0.217 e. The summed E-state index contributed by atoms with van der Waals surface area (Å²) in [6.07, 6.45) is 0. The van der Waals surface area contributed by atoms with Crippen molar-refractivity contribution in [2.45, 2.75) is 19.9 Å². The molecule has 0 aromatic heterocycles. The lowest BCUT2D eigenvalue weighted by Crippen LogP contribution is -2.37. The number of ether oxygens (including phenoxy) is 1. The maximum absolute atomic E-state index is 10.6. The molecular weight excluding hydrogens is 130 g/mol. The van der Waals surface area contributed by atoms with Crippen molar-refractivity contribution in [2.75, 3.05) is 13.2 Å². The Morgan fingerprint density at radius 2 is 2.40 bits per heavy atom. The lowest BCUT2D eigenvalue weighted by molar-refractivity contribution is -0.119. The number of hydrogen-bond acceptors (Lipinski definition) is 2. The molecule has 1 N–H and O–H groups in total. The molecule has 1 saturated heterocycles. The Bertz CT molecular complexity index is 140. The number of amides is 1. The Balaban J connectivity index is 0.000001000. The standard InChI is InChI=1S/C7H13NO2.H2/c1-5-3-10-4-7(5)8-6(2)9;/h5,7H,3-4H2,1-2H3,(H,8,9);1H/t5-,7-;/m0./s1. The molecule has 1 aliphatic heterocycles. The van der Waals surface area contributed by atoms with Gasteiger partial charge in [-0.05, 0) is 0 Å². The van der Waals surface area contributed by atoms with Crippen LogP contribution in [0.3, 0.4) is 0 Å². The maximum atomic E-state index is 10.6. The highest BCUT2D eigenvalue weighted by atomic mass is 16.5. The van der Waals surface area contributed by atoms with Crippen molar-refractivity contribution in [1.29, 1.82) is 0 Å². The summed E-state index contributed by atoms with van der Waals surface area (Å²) in [7, 11) is 0. The van der Waals surface area contributed by atoms with Gasteiger partial charge in [0.2, 0.25) is 5.91 Å². The molecule has 10 heavy (non-hydrogen) atoms. The second kappa shape index (κ2) is 3.01. The van der Waals surface area contributed by atoms with Crippen LogP contribution in [0.5, 0.6) is 0 Å². The van der Waals surface area contributed by atoms with E-state index in [9.17, 15) is 4.79 Å². The van der Waals surface area contributed by atoms with Gasteiger partial charge in [0.25, 0.3) is 0 Å². The minimum absolute atomic E-state index is 0. The topological polar surface area (TPSA) is 38.3 Å². The van der Waals surface area contributed by atoms with Crippen molar-refractivity contribution < 1.29 is 11.0 Å². The summed E-state index contributed by atoms with van der Waals surface area (Å²) in [5.41, 5.74) is 0. The first-order valence-electron chi connectivity index (χ1n) is 3.55. The van der Waals surface area contributed by atoms with Crippen LogP contribution in [0.4, 0.5) is 0 Å². The van der Waals surface area contributed by atoms with Gasteiger partial charge in [0.1, 0.15) is 0 Å². The molecule has 0 bridgehead atoms. The van der Waals surface area contributed by atoms with Crippen LogP contribution >= 0.6 is 0 Å². The molecule has 1 heterocycles. The average molecular weight is 145 g/mol. The third-order valence-electron chi connectivity index (χ3n) is 1.75. The minimum atomic E-state index is 0. The first kappa shape index (κ1) is 7.54. The third-order valence-corrected chi connectivity index (χ3v) is 1.75. The summed E-state index contributed by atoms with van der Waals surface area (Å²) in [6.45, 7) is 5.05. The zero-order valence-electron chi connectivity index (χ0n) is 6.39. The molecule has 0 unspecified atom stereocenters. The van der Waals surface area contributed by atoms with Crippen molar-refractivity contribution in [3.05, 3.63) is 0 Å². The first-order valence-corrected chi connectivity index (χ1v) is 3.55. The van der Waals surface area contributed by atoms with E-state index in [1.54, 1.807) is 0 Å². The van der Waals surface area contributed by atoms with Crippen LogP contribution in [0.25, 0.3) is 0 Å². The van der Waals surface area contributed by atoms with E-state index in [1.807, 2.05) is 0 Å². The second-order valence-electron chi connectivity index (χ2n) is 2.82. The van der Waals surface area contributed by atoms with Crippen LogP contribution in [0.2, 0.25) is 0 Å². The van der Waals surface area contributed by atoms with E-state index in [4.69, 9.17) is 4.74 Å². The molecule has 0 radical (unpaired) electrons. The molecule has 1 rings (SSSR count). The molecule has 1 aliphatic rings. The number of carbonyl (C=O) groups excluding carboxylic acids is 1. The van der Waals surface area contributed by atoms with Crippen molar-refractivity contribution in [3.63, 3.8) is 0 Å². The third kappa shape index (κ3) is 1.70. The van der Waals surface area contributed by atoms with E-state index in [-0.39, 0.29) is 13.4 Å². The Hall–Kier alpha value is -0.570. The summed E-state index contributed by atoms with van der Waals surface area (Å²) < 4.78 is 5.16. The Labute approximate surface area is 62.2 Å². The molecule has 0 spiro atoms. The van der Waals surface area contributed by atoms with E-state index in [2.05, 4.69) is 12.2 Å². The second-order valence-corrected chi connectivity index (χ2v) is 2.82. The van der Waals surface area contributed by atoms with Crippen LogP contribution in [0.15, 0.2) is 0 Å². The highest BCUT2D eigenvalue weighted by Gasteiger charge is 2.24. The zero-order valence-corrected chi connectivity index (χ0v) is 6.39. The zero-order chi connectivity index (χ0) is 7.56. The van der Waals surface area contributed by atoms with E-state index in [0.29, 0.717) is 12.5 Å². The summed E-state index contributed by atoms with van der Waals surface area (Å²) >= 11 is 0. The number of rotatable bonds is 1. The monoisotopic (exact) mass is 145 g/mol. The van der Waals surface area contributed by atoms with Gasteiger partial charge in [0.15, 0.2) is 0 Å². The van der Waals surface area contributed by atoms with E-state index in [0.717, 1.165) is 6.61 Å². The van der Waals surface area contributed by atoms with Crippen LogP contribution in [-0.4, -0.2) is 25.2 Å². The van der Waals surface area contributed by atoms with Gasteiger partial charge < -0.3 is 10.1 Å². The van der Waals surface area contributed by atoms with Gasteiger partial charge in [-0.25, -0.2) is 0 Å². The lowest BCUT2D eigenvalue weighted by atomic mass is 10.1. The highest BCUT2D eigenvalue weighted by Crippen LogP contribution is 2.11. The molecule has 3 nitrogen and oxygen atoms in total. The van der Waals surface area contributed by atoms with Gasteiger partial charge in [-0.2, -0.15) is 0 Å². The smallest absolute Gasteiger partial charge is 0.217 e. The molecule has 0 aromatic carbocycles. The fourth-order valence-corrected chi connectivity index (χ4v) is 1.11. The van der Waals surface area contributed by atoms with Crippen LogP contribution < -0.4 is 5.32 Å². The lowest BCUT2D eigenvalue weighted by Gasteiger charge is -2.12. The van der Waals surface area contributed by atoms with E-state index >= 15 is 0 Å². The molecule has 2 atom stereocenters. The Morgan fingerprint density at radius 1 is 1.70 bits per heavy atom. The quantitative estimate of drug-likeness (QED) is 0.580. The van der Waals surface area contributed by atoms with Crippen LogP contribution in [0.1, 0.15) is 15.3 Å².